The lowest BCUT2D eigenvalue weighted by Crippen LogP contribution is -2.40. The summed E-state index contributed by atoms with van der Waals surface area (Å²) in [7, 11) is 0. The minimum Gasteiger partial charge on any atom is -0.379 e. The summed E-state index contributed by atoms with van der Waals surface area (Å²) in [4.78, 5) is 19.5. The van der Waals surface area contributed by atoms with Crippen LogP contribution in [-0.2, 0) is 16.1 Å². The second-order valence-electron chi connectivity index (χ2n) is 7.31. The van der Waals surface area contributed by atoms with E-state index >= 15 is 0 Å². The van der Waals surface area contributed by atoms with Gasteiger partial charge in [-0.05, 0) is 19.4 Å². The number of ether oxygens (including phenoxy) is 1. The van der Waals surface area contributed by atoms with E-state index in [9.17, 15) is 9.18 Å². The minimum atomic E-state index is -0.232. The summed E-state index contributed by atoms with van der Waals surface area (Å²) in [6.07, 6.45) is 2.70. The molecule has 2 heterocycles. The quantitative estimate of drug-likeness (QED) is 0.458. The fraction of sp³-hybridized carbons (Fsp3) is 0.524. The van der Waals surface area contributed by atoms with Gasteiger partial charge in [0.15, 0.2) is 0 Å². The first-order valence-electron chi connectivity index (χ1n) is 10.0. The molecule has 3 rings (SSSR count). The number of carbonyl (C=O) groups excluding carboxylic acids is 1. The average Bonchev–Trinajstić information content (AvgIpc) is 3.01. The van der Waals surface area contributed by atoms with Crippen LogP contribution in [0.1, 0.15) is 25.8 Å². The van der Waals surface area contributed by atoms with Gasteiger partial charge in [0, 0.05) is 50.5 Å². The summed E-state index contributed by atoms with van der Waals surface area (Å²) in [6, 6.07) is 6.85. The van der Waals surface area contributed by atoms with Crippen molar-refractivity contribution in [3.63, 3.8) is 0 Å². The molecule has 2 saturated heterocycles. The van der Waals surface area contributed by atoms with Crippen LogP contribution in [0, 0.1) is 5.82 Å². The Hall–Kier alpha value is -1.48. The van der Waals surface area contributed by atoms with Gasteiger partial charge in [-0.1, -0.05) is 49.1 Å². The highest BCUT2D eigenvalue weighted by molar-refractivity contribution is 8.26. The summed E-state index contributed by atoms with van der Waals surface area (Å²) < 4.78 is 20.2. The number of morpholine rings is 1. The van der Waals surface area contributed by atoms with E-state index in [0.29, 0.717) is 27.9 Å². The molecule has 1 amide bonds. The molecule has 2 aliphatic heterocycles. The number of nitrogens with zero attached hydrogens (tertiary/aromatic N) is 3. The van der Waals surface area contributed by atoms with E-state index in [2.05, 4.69) is 4.90 Å². The molecule has 0 saturated carbocycles. The Balaban J connectivity index is 1.76. The number of rotatable bonds is 8. The summed E-state index contributed by atoms with van der Waals surface area (Å²) in [5, 5.41) is 0. The number of thioether (sulfide) groups is 1. The molecular formula is C21H28FN3O2S2. The van der Waals surface area contributed by atoms with Crippen LogP contribution in [0.3, 0.4) is 0 Å². The fourth-order valence-corrected chi connectivity index (χ4v) is 4.80. The van der Waals surface area contributed by atoms with Gasteiger partial charge < -0.3 is 9.64 Å². The van der Waals surface area contributed by atoms with Gasteiger partial charge in [0.2, 0.25) is 0 Å². The summed E-state index contributed by atoms with van der Waals surface area (Å²) >= 11 is 6.76. The Bertz CT molecular complexity index is 768. The Kier molecular flexibility index (Phi) is 8.06. The normalized spacial score (nSPS) is 20.5. The number of halogens is 1. The lowest BCUT2D eigenvalue weighted by molar-refractivity contribution is -0.123. The van der Waals surface area contributed by atoms with E-state index in [0.717, 1.165) is 39.3 Å². The SMILES string of the molecule is CCC(C)N1C(=O)/C(=C\N(CCN2CCOCC2)Cc2ccccc2F)SC1=S. The lowest BCUT2D eigenvalue weighted by atomic mass is 10.2. The molecule has 1 aromatic carbocycles. The van der Waals surface area contributed by atoms with Crippen molar-refractivity contribution in [1.29, 1.82) is 0 Å². The van der Waals surface area contributed by atoms with E-state index in [1.54, 1.807) is 17.0 Å². The molecule has 8 heteroatoms. The zero-order chi connectivity index (χ0) is 20.8. The third-order valence-electron chi connectivity index (χ3n) is 5.29. The summed E-state index contributed by atoms with van der Waals surface area (Å²) in [5.41, 5.74) is 0.614. The van der Waals surface area contributed by atoms with Crippen molar-refractivity contribution in [1.82, 2.24) is 14.7 Å². The second-order valence-corrected chi connectivity index (χ2v) is 8.99. The van der Waals surface area contributed by atoms with Gasteiger partial charge in [0.1, 0.15) is 10.1 Å². The van der Waals surface area contributed by atoms with E-state index in [-0.39, 0.29) is 17.8 Å². The number of hydrogen-bond donors (Lipinski definition) is 0. The van der Waals surface area contributed by atoms with Crippen LogP contribution in [0.2, 0.25) is 0 Å². The number of amides is 1. The van der Waals surface area contributed by atoms with Crippen molar-refractivity contribution < 1.29 is 13.9 Å². The summed E-state index contributed by atoms with van der Waals surface area (Å²) in [5.74, 6) is -0.288. The molecule has 5 nitrogen and oxygen atoms in total. The molecule has 0 aromatic heterocycles. The van der Waals surface area contributed by atoms with Gasteiger partial charge in [-0.2, -0.15) is 0 Å². The first kappa shape index (κ1) is 22.2. The highest BCUT2D eigenvalue weighted by Crippen LogP contribution is 2.33. The van der Waals surface area contributed by atoms with E-state index in [1.165, 1.54) is 17.8 Å². The van der Waals surface area contributed by atoms with Gasteiger partial charge >= 0.3 is 0 Å². The van der Waals surface area contributed by atoms with Crippen molar-refractivity contribution in [2.45, 2.75) is 32.9 Å². The Morgan fingerprint density at radius 2 is 2.07 bits per heavy atom. The van der Waals surface area contributed by atoms with Crippen molar-refractivity contribution >= 4 is 34.2 Å². The average molecular weight is 438 g/mol. The predicted octanol–water partition coefficient (Wildman–Crippen LogP) is 3.46. The van der Waals surface area contributed by atoms with Crippen molar-refractivity contribution in [2.75, 3.05) is 39.4 Å². The molecule has 0 spiro atoms. The van der Waals surface area contributed by atoms with Crippen LogP contribution in [-0.4, -0.2) is 70.4 Å². The molecule has 0 N–H and O–H groups in total. The van der Waals surface area contributed by atoms with Crippen molar-refractivity contribution in [3.8, 4) is 0 Å². The molecule has 1 atom stereocenters. The van der Waals surface area contributed by atoms with Crippen LogP contribution >= 0.6 is 24.0 Å². The molecule has 0 radical (unpaired) electrons. The molecule has 1 unspecified atom stereocenters. The van der Waals surface area contributed by atoms with E-state index in [4.69, 9.17) is 17.0 Å². The zero-order valence-corrected chi connectivity index (χ0v) is 18.6. The smallest absolute Gasteiger partial charge is 0.267 e. The lowest BCUT2D eigenvalue weighted by Gasteiger charge is -2.30. The topological polar surface area (TPSA) is 36.0 Å². The number of carbonyl (C=O) groups is 1. The first-order valence-corrected chi connectivity index (χ1v) is 11.3. The minimum absolute atomic E-state index is 0.0562. The van der Waals surface area contributed by atoms with Gasteiger partial charge in [-0.25, -0.2) is 4.39 Å². The maximum atomic E-state index is 14.2. The molecule has 0 aliphatic carbocycles. The third kappa shape index (κ3) is 5.78. The maximum Gasteiger partial charge on any atom is 0.267 e. The highest BCUT2D eigenvalue weighted by Gasteiger charge is 2.35. The molecule has 1 aromatic rings. The van der Waals surface area contributed by atoms with Gasteiger partial charge in [-0.15, -0.1) is 0 Å². The van der Waals surface area contributed by atoms with Gasteiger partial charge in [0.05, 0.1) is 18.1 Å². The Morgan fingerprint density at radius 3 is 2.76 bits per heavy atom. The van der Waals surface area contributed by atoms with E-state index in [1.807, 2.05) is 31.0 Å². The van der Waals surface area contributed by atoms with Crippen LogP contribution in [0.5, 0.6) is 0 Å². The maximum absolute atomic E-state index is 14.2. The first-order chi connectivity index (χ1) is 14.0. The van der Waals surface area contributed by atoms with Crippen LogP contribution < -0.4 is 0 Å². The molecule has 2 fully saturated rings. The van der Waals surface area contributed by atoms with E-state index < -0.39 is 0 Å². The predicted molar refractivity (Wildman–Crippen MR) is 119 cm³/mol. The van der Waals surface area contributed by atoms with Crippen LogP contribution in [0.25, 0.3) is 0 Å². The van der Waals surface area contributed by atoms with Crippen molar-refractivity contribution in [3.05, 3.63) is 46.8 Å². The molecule has 29 heavy (non-hydrogen) atoms. The van der Waals surface area contributed by atoms with Crippen molar-refractivity contribution in [2.24, 2.45) is 0 Å². The number of thiocarbonyl (C=S) groups is 1. The molecular weight excluding hydrogens is 409 g/mol. The highest BCUT2D eigenvalue weighted by atomic mass is 32.2. The van der Waals surface area contributed by atoms with Crippen LogP contribution in [0.4, 0.5) is 4.39 Å². The Labute approximate surface area is 181 Å². The fourth-order valence-electron chi connectivity index (χ4n) is 3.33. The third-order valence-corrected chi connectivity index (χ3v) is 6.61. The Morgan fingerprint density at radius 1 is 1.34 bits per heavy atom. The zero-order valence-electron chi connectivity index (χ0n) is 17.0. The largest absolute Gasteiger partial charge is 0.379 e. The van der Waals surface area contributed by atoms with Gasteiger partial charge in [-0.3, -0.25) is 14.6 Å². The standard InChI is InChI=1S/C21H28FN3O2S2/c1-3-16(2)25-20(26)19(29-21(25)28)15-24(9-8-23-10-12-27-13-11-23)14-17-6-4-5-7-18(17)22/h4-7,15-16H,3,8-14H2,1-2H3/b19-15+. The monoisotopic (exact) mass is 437 g/mol. The molecule has 158 valence electrons. The number of benzene rings is 1. The van der Waals surface area contributed by atoms with Gasteiger partial charge in [0.25, 0.3) is 5.91 Å². The van der Waals surface area contributed by atoms with Crippen LogP contribution in [0.15, 0.2) is 35.4 Å². The molecule has 2 aliphatic rings. The molecule has 0 bridgehead atoms. The summed E-state index contributed by atoms with van der Waals surface area (Å²) in [6.45, 7) is 9.24. The second kappa shape index (κ2) is 10.5. The number of hydrogen-bond acceptors (Lipinski definition) is 6.